The molecule has 0 aliphatic carbocycles. The Kier molecular flexibility index (Phi) is 3.25. The van der Waals surface area contributed by atoms with E-state index < -0.39 is 0 Å². The van der Waals surface area contributed by atoms with E-state index in [1.54, 1.807) is 10.9 Å². The van der Waals surface area contributed by atoms with Gasteiger partial charge < -0.3 is 9.42 Å². The highest BCUT2D eigenvalue weighted by Crippen LogP contribution is 2.22. The summed E-state index contributed by atoms with van der Waals surface area (Å²) in [5.41, 5.74) is 1.92. The lowest BCUT2D eigenvalue weighted by molar-refractivity contribution is -0.137. The Balaban J connectivity index is 1.50. The minimum absolute atomic E-state index is 0.168. The summed E-state index contributed by atoms with van der Waals surface area (Å²) in [6.45, 7) is 5.21. The fraction of sp³-hybridized carbons (Fsp3) is 0.538. The Morgan fingerprint density at radius 3 is 2.85 bits per heavy atom. The summed E-state index contributed by atoms with van der Waals surface area (Å²) < 4.78 is 6.90. The quantitative estimate of drug-likeness (QED) is 0.828. The number of hydrogen-bond donors (Lipinski definition) is 0. The van der Waals surface area contributed by atoms with Gasteiger partial charge in [0.15, 0.2) is 0 Å². The molecule has 7 heteroatoms. The fourth-order valence-corrected chi connectivity index (χ4v) is 2.49. The molecule has 2 aromatic heterocycles. The molecule has 0 N–H and O–H groups in total. The maximum absolute atomic E-state index is 12.1. The van der Waals surface area contributed by atoms with Gasteiger partial charge in [-0.3, -0.25) is 4.79 Å². The molecular formula is C13H17N5O2. The van der Waals surface area contributed by atoms with E-state index in [9.17, 15) is 4.79 Å². The molecule has 0 saturated carbocycles. The smallest absolute Gasteiger partial charge is 0.223 e. The number of hydrogen-bond acceptors (Lipinski definition) is 5. The van der Waals surface area contributed by atoms with Gasteiger partial charge in [0.05, 0.1) is 17.9 Å². The number of rotatable bonds is 4. The van der Waals surface area contributed by atoms with E-state index in [4.69, 9.17) is 4.52 Å². The first kappa shape index (κ1) is 12.8. The first-order valence-electron chi connectivity index (χ1n) is 6.70. The van der Waals surface area contributed by atoms with Crippen molar-refractivity contribution in [2.75, 3.05) is 13.1 Å². The van der Waals surface area contributed by atoms with Crippen LogP contribution in [0.2, 0.25) is 0 Å². The highest BCUT2D eigenvalue weighted by Gasteiger charge is 2.32. The molecule has 0 bridgehead atoms. The van der Waals surface area contributed by atoms with Gasteiger partial charge in [-0.15, -0.1) is 5.10 Å². The van der Waals surface area contributed by atoms with Gasteiger partial charge in [0, 0.05) is 31.3 Å². The Hall–Kier alpha value is -2.18. The van der Waals surface area contributed by atoms with Crippen molar-refractivity contribution in [2.45, 2.75) is 32.7 Å². The molecule has 3 heterocycles. The zero-order chi connectivity index (χ0) is 14.1. The van der Waals surface area contributed by atoms with E-state index in [0.717, 1.165) is 17.0 Å². The van der Waals surface area contributed by atoms with Crippen LogP contribution in [0.1, 0.15) is 29.5 Å². The maximum Gasteiger partial charge on any atom is 0.223 e. The van der Waals surface area contributed by atoms with E-state index in [1.165, 1.54) is 0 Å². The zero-order valence-corrected chi connectivity index (χ0v) is 11.6. The molecule has 0 radical (unpaired) electrons. The van der Waals surface area contributed by atoms with Gasteiger partial charge >= 0.3 is 0 Å². The van der Waals surface area contributed by atoms with Crippen molar-refractivity contribution in [2.24, 2.45) is 0 Å². The minimum atomic E-state index is 0.168. The Morgan fingerprint density at radius 1 is 1.45 bits per heavy atom. The van der Waals surface area contributed by atoms with E-state index in [0.29, 0.717) is 25.9 Å². The highest BCUT2D eigenvalue weighted by atomic mass is 16.5. The second-order valence-corrected chi connectivity index (χ2v) is 5.14. The Morgan fingerprint density at radius 2 is 2.25 bits per heavy atom. The largest absolute Gasteiger partial charge is 0.361 e. The summed E-state index contributed by atoms with van der Waals surface area (Å²) in [6, 6.07) is 0.264. The Bertz CT molecular complexity index is 579. The van der Waals surface area contributed by atoms with Gasteiger partial charge in [0.2, 0.25) is 5.91 Å². The molecule has 0 atom stereocenters. The molecular weight excluding hydrogens is 258 g/mol. The van der Waals surface area contributed by atoms with Crippen LogP contribution in [0.5, 0.6) is 0 Å². The van der Waals surface area contributed by atoms with Crippen molar-refractivity contribution in [3.63, 3.8) is 0 Å². The summed E-state index contributed by atoms with van der Waals surface area (Å²) in [5.74, 6) is 0.973. The van der Waals surface area contributed by atoms with Gasteiger partial charge in [-0.05, 0) is 20.3 Å². The molecule has 20 heavy (non-hydrogen) atoms. The number of nitrogens with zero attached hydrogens (tertiary/aromatic N) is 5. The standard InChI is InChI=1S/C13H17N5O2/c1-9-12(10(2)20-15-9)3-4-13(19)17-7-11(8-17)18-6-5-14-16-18/h5-6,11H,3-4,7-8H2,1-2H3. The van der Waals surface area contributed by atoms with Crippen LogP contribution in [0, 0.1) is 13.8 Å². The minimum Gasteiger partial charge on any atom is -0.361 e. The van der Waals surface area contributed by atoms with Crippen molar-refractivity contribution in [3.05, 3.63) is 29.4 Å². The van der Waals surface area contributed by atoms with Crippen molar-refractivity contribution >= 4 is 5.91 Å². The molecule has 0 unspecified atom stereocenters. The lowest BCUT2D eigenvalue weighted by atomic mass is 10.0. The van der Waals surface area contributed by atoms with Crippen LogP contribution >= 0.6 is 0 Å². The fourth-order valence-electron chi connectivity index (χ4n) is 2.49. The van der Waals surface area contributed by atoms with Crippen molar-refractivity contribution in [3.8, 4) is 0 Å². The lowest BCUT2D eigenvalue weighted by Gasteiger charge is -2.38. The van der Waals surface area contributed by atoms with Crippen LogP contribution in [0.25, 0.3) is 0 Å². The van der Waals surface area contributed by atoms with Gasteiger partial charge in [-0.1, -0.05) is 10.4 Å². The molecule has 1 fully saturated rings. The monoisotopic (exact) mass is 275 g/mol. The average molecular weight is 275 g/mol. The molecule has 1 aliphatic heterocycles. The SMILES string of the molecule is Cc1noc(C)c1CCC(=O)N1CC(n2ccnn2)C1. The number of aryl methyl sites for hydroxylation is 2. The van der Waals surface area contributed by atoms with E-state index in [1.807, 2.05) is 24.9 Å². The van der Waals surface area contributed by atoms with Crippen molar-refractivity contribution < 1.29 is 9.32 Å². The average Bonchev–Trinajstić information content (AvgIpc) is 2.97. The van der Waals surface area contributed by atoms with E-state index in [-0.39, 0.29) is 11.9 Å². The number of carbonyl (C=O) groups is 1. The molecule has 1 aliphatic rings. The number of amides is 1. The molecule has 1 saturated heterocycles. The van der Waals surface area contributed by atoms with Gasteiger partial charge in [0.1, 0.15) is 5.76 Å². The van der Waals surface area contributed by atoms with Crippen LogP contribution in [-0.2, 0) is 11.2 Å². The van der Waals surface area contributed by atoms with Crippen molar-refractivity contribution in [1.29, 1.82) is 0 Å². The normalized spacial score (nSPS) is 15.4. The maximum atomic E-state index is 12.1. The van der Waals surface area contributed by atoms with Crippen LogP contribution in [-0.4, -0.2) is 44.0 Å². The molecule has 106 valence electrons. The predicted octanol–water partition coefficient (Wildman–Crippen LogP) is 0.899. The highest BCUT2D eigenvalue weighted by molar-refractivity contribution is 5.77. The third-order valence-corrected chi connectivity index (χ3v) is 3.80. The molecule has 7 nitrogen and oxygen atoms in total. The first-order chi connectivity index (χ1) is 9.65. The first-order valence-corrected chi connectivity index (χ1v) is 6.70. The molecule has 0 aromatic carbocycles. The van der Waals surface area contributed by atoms with Crippen LogP contribution in [0.15, 0.2) is 16.9 Å². The third-order valence-electron chi connectivity index (χ3n) is 3.80. The molecule has 1 amide bonds. The van der Waals surface area contributed by atoms with Gasteiger partial charge in [-0.25, -0.2) is 4.68 Å². The number of aromatic nitrogens is 4. The van der Waals surface area contributed by atoms with Crippen molar-refractivity contribution in [1.82, 2.24) is 25.1 Å². The van der Waals surface area contributed by atoms with Gasteiger partial charge in [-0.2, -0.15) is 0 Å². The third kappa shape index (κ3) is 2.31. The van der Waals surface area contributed by atoms with Gasteiger partial charge in [0.25, 0.3) is 0 Å². The second kappa shape index (κ2) is 5.07. The van der Waals surface area contributed by atoms with Crippen LogP contribution in [0.4, 0.5) is 0 Å². The summed E-state index contributed by atoms with van der Waals surface area (Å²) in [5, 5.41) is 11.6. The molecule has 0 spiro atoms. The topological polar surface area (TPSA) is 77.0 Å². The predicted molar refractivity (Wildman–Crippen MR) is 69.9 cm³/mol. The summed E-state index contributed by atoms with van der Waals surface area (Å²) >= 11 is 0. The summed E-state index contributed by atoms with van der Waals surface area (Å²) in [6.07, 6.45) is 4.66. The summed E-state index contributed by atoms with van der Waals surface area (Å²) in [7, 11) is 0. The van der Waals surface area contributed by atoms with Crippen LogP contribution < -0.4 is 0 Å². The Labute approximate surface area is 116 Å². The summed E-state index contributed by atoms with van der Waals surface area (Å²) in [4.78, 5) is 13.9. The molecule has 3 rings (SSSR count). The molecule has 2 aromatic rings. The number of carbonyl (C=O) groups excluding carboxylic acids is 1. The lowest BCUT2D eigenvalue weighted by Crippen LogP contribution is -2.50. The number of likely N-dealkylation sites (tertiary alicyclic amines) is 1. The second-order valence-electron chi connectivity index (χ2n) is 5.14. The van der Waals surface area contributed by atoms with Crippen LogP contribution in [0.3, 0.4) is 0 Å². The zero-order valence-electron chi connectivity index (χ0n) is 11.6. The van der Waals surface area contributed by atoms with E-state index in [2.05, 4.69) is 15.5 Å². The van der Waals surface area contributed by atoms with E-state index >= 15 is 0 Å².